The van der Waals surface area contributed by atoms with Gasteiger partial charge in [0.25, 0.3) is 5.91 Å². The monoisotopic (exact) mass is 274 g/mol. The number of nitrogens with zero attached hydrogens (tertiary/aromatic N) is 3. The molecule has 2 aromatic heterocycles. The largest absolute Gasteiger partial charge is 0.360 e. The molecule has 1 saturated carbocycles. The minimum absolute atomic E-state index is 0.140. The number of carbonyl (C=O) groups excluding carboxylic acids is 1. The number of nitrogens with one attached hydrogen (secondary N) is 1. The first-order chi connectivity index (χ1) is 9.81. The van der Waals surface area contributed by atoms with E-state index in [9.17, 15) is 4.79 Å². The van der Waals surface area contributed by atoms with E-state index in [0.717, 1.165) is 6.54 Å². The van der Waals surface area contributed by atoms with Gasteiger partial charge >= 0.3 is 0 Å². The molecule has 0 bridgehead atoms. The molecule has 106 valence electrons. The summed E-state index contributed by atoms with van der Waals surface area (Å²) < 4.78 is 6.80. The molecule has 0 spiro atoms. The molecule has 0 aliphatic heterocycles. The molecule has 0 aromatic carbocycles. The predicted molar refractivity (Wildman–Crippen MR) is 71.9 cm³/mol. The molecule has 0 radical (unpaired) electrons. The van der Waals surface area contributed by atoms with Crippen LogP contribution in [0.1, 0.15) is 41.8 Å². The standard InChI is InChI=1S/C14H18N4O2/c19-14(15-8-13-5-6-17-20-13)12-7-16-18(10-12)9-11-3-1-2-4-11/h5-7,10-11H,1-4,8-9H2,(H,15,19). The number of amides is 1. The third-order valence-corrected chi connectivity index (χ3v) is 3.73. The highest BCUT2D eigenvalue weighted by molar-refractivity contribution is 5.93. The molecule has 0 unspecified atom stereocenters. The number of carbonyl (C=O) groups is 1. The lowest BCUT2D eigenvalue weighted by Gasteiger charge is -2.07. The fourth-order valence-corrected chi connectivity index (χ4v) is 2.64. The van der Waals surface area contributed by atoms with Crippen LogP contribution in [0.15, 0.2) is 29.2 Å². The smallest absolute Gasteiger partial charge is 0.254 e. The van der Waals surface area contributed by atoms with Gasteiger partial charge in [-0.05, 0) is 18.8 Å². The highest BCUT2D eigenvalue weighted by atomic mass is 16.5. The third-order valence-electron chi connectivity index (χ3n) is 3.73. The zero-order valence-electron chi connectivity index (χ0n) is 11.3. The van der Waals surface area contributed by atoms with Gasteiger partial charge in [0.05, 0.1) is 24.5 Å². The Morgan fingerprint density at radius 3 is 3.05 bits per heavy atom. The first kappa shape index (κ1) is 12.9. The first-order valence-electron chi connectivity index (χ1n) is 7.01. The molecule has 3 rings (SSSR count). The van der Waals surface area contributed by atoms with Gasteiger partial charge in [-0.15, -0.1) is 0 Å². The molecule has 6 nitrogen and oxygen atoms in total. The molecule has 1 aliphatic carbocycles. The van der Waals surface area contributed by atoms with E-state index < -0.39 is 0 Å². The molecular weight excluding hydrogens is 256 g/mol. The topological polar surface area (TPSA) is 73.0 Å². The van der Waals surface area contributed by atoms with Crippen LogP contribution in [0.4, 0.5) is 0 Å². The van der Waals surface area contributed by atoms with E-state index >= 15 is 0 Å². The Bertz CT molecular complexity index is 556. The van der Waals surface area contributed by atoms with E-state index in [1.165, 1.54) is 25.7 Å². The zero-order chi connectivity index (χ0) is 13.8. The fraction of sp³-hybridized carbons (Fsp3) is 0.500. The molecule has 6 heteroatoms. The van der Waals surface area contributed by atoms with Gasteiger partial charge < -0.3 is 9.84 Å². The molecule has 2 aromatic rings. The maximum Gasteiger partial charge on any atom is 0.254 e. The molecular formula is C14H18N4O2. The van der Waals surface area contributed by atoms with Gasteiger partial charge in [0.1, 0.15) is 0 Å². The van der Waals surface area contributed by atoms with Gasteiger partial charge in [0, 0.05) is 18.8 Å². The van der Waals surface area contributed by atoms with Gasteiger partial charge in [-0.25, -0.2) is 0 Å². The van der Waals surface area contributed by atoms with Gasteiger partial charge in [0.2, 0.25) is 0 Å². The SMILES string of the molecule is O=C(NCc1ccno1)c1cnn(CC2CCCC2)c1. The van der Waals surface area contributed by atoms with E-state index in [1.54, 1.807) is 18.5 Å². The predicted octanol–water partition coefficient (Wildman–Crippen LogP) is 1.99. The Morgan fingerprint density at radius 1 is 1.45 bits per heavy atom. The summed E-state index contributed by atoms with van der Waals surface area (Å²) in [7, 11) is 0. The lowest BCUT2D eigenvalue weighted by Crippen LogP contribution is -2.22. The van der Waals surface area contributed by atoms with E-state index in [1.807, 2.05) is 10.9 Å². The van der Waals surface area contributed by atoms with Crippen molar-refractivity contribution in [3.8, 4) is 0 Å². The van der Waals surface area contributed by atoms with Crippen LogP contribution in [0, 0.1) is 5.92 Å². The molecule has 0 atom stereocenters. The van der Waals surface area contributed by atoms with Crippen LogP contribution in [-0.2, 0) is 13.1 Å². The average molecular weight is 274 g/mol. The Hall–Kier alpha value is -2.11. The Morgan fingerprint density at radius 2 is 2.30 bits per heavy atom. The van der Waals surface area contributed by atoms with Gasteiger partial charge in [0.15, 0.2) is 5.76 Å². The molecule has 20 heavy (non-hydrogen) atoms. The van der Waals surface area contributed by atoms with Crippen LogP contribution in [0.2, 0.25) is 0 Å². The number of hydrogen-bond donors (Lipinski definition) is 1. The van der Waals surface area contributed by atoms with Gasteiger partial charge in [-0.3, -0.25) is 9.48 Å². The van der Waals surface area contributed by atoms with Crippen molar-refractivity contribution in [2.45, 2.75) is 38.8 Å². The van der Waals surface area contributed by atoms with Crippen molar-refractivity contribution in [2.75, 3.05) is 0 Å². The molecule has 2 heterocycles. The first-order valence-corrected chi connectivity index (χ1v) is 7.01. The summed E-state index contributed by atoms with van der Waals surface area (Å²) in [6.07, 6.45) is 10.2. The second kappa shape index (κ2) is 5.90. The van der Waals surface area contributed by atoms with Crippen molar-refractivity contribution in [1.82, 2.24) is 20.3 Å². The lowest BCUT2D eigenvalue weighted by molar-refractivity contribution is 0.0947. The quantitative estimate of drug-likeness (QED) is 0.905. The van der Waals surface area contributed by atoms with Crippen molar-refractivity contribution < 1.29 is 9.32 Å². The summed E-state index contributed by atoms with van der Waals surface area (Å²) in [4.78, 5) is 12.0. The summed E-state index contributed by atoms with van der Waals surface area (Å²) in [6, 6.07) is 1.73. The van der Waals surface area contributed by atoms with Crippen LogP contribution >= 0.6 is 0 Å². The maximum atomic E-state index is 12.0. The second-order valence-corrected chi connectivity index (χ2v) is 5.26. The molecule has 1 N–H and O–H groups in total. The summed E-state index contributed by atoms with van der Waals surface area (Å²) in [6.45, 7) is 1.25. The number of rotatable bonds is 5. The fourth-order valence-electron chi connectivity index (χ4n) is 2.64. The second-order valence-electron chi connectivity index (χ2n) is 5.26. The Kier molecular flexibility index (Phi) is 3.80. The van der Waals surface area contributed by atoms with Crippen molar-refractivity contribution >= 4 is 5.91 Å². The third kappa shape index (κ3) is 3.07. The van der Waals surface area contributed by atoms with Crippen LogP contribution in [-0.4, -0.2) is 20.8 Å². The van der Waals surface area contributed by atoms with Gasteiger partial charge in [-0.2, -0.15) is 5.10 Å². The van der Waals surface area contributed by atoms with Crippen LogP contribution in [0.5, 0.6) is 0 Å². The maximum absolute atomic E-state index is 12.0. The molecule has 1 amide bonds. The molecule has 1 aliphatic rings. The highest BCUT2D eigenvalue weighted by Crippen LogP contribution is 2.25. The zero-order valence-corrected chi connectivity index (χ0v) is 11.3. The Labute approximate surface area is 117 Å². The summed E-state index contributed by atoms with van der Waals surface area (Å²) in [5.41, 5.74) is 0.586. The lowest BCUT2D eigenvalue weighted by atomic mass is 10.1. The van der Waals surface area contributed by atoms with Gasteiger partial charge in [-0.1, -0.05) is 18.0 Å². The van der Waals surface area contributed by atoms with Crippen molar-refractivity contribution in [3.63, 3.8) is 0 Å². The Balaban J connectivity index is 1.54. The highest BCUT2D eigenvalue weighted by Gasteiger charge is 2.16. The summed E-state index contributed by atoms with van der Waals surface area (Å²) in [5, 5.41) is 10.6. The number of aromatic nitrogens is 3. The van der Waals surface area contributed by atoms with Crippen molar-refractivity contribution in [2.24, 2.45) is 5.92 Å². The van der Waals surface area contributed by atoms with Crippen LogP contribution in [0.3, 0.4) is 0 Å². The van der Waals surface area contributed by atoms with Crippen LogP contribution < -0.4 is 5.32 Å². The average Bonchev–Trinajstić information content (AvgIpc) is 3.19. The molecule has 1 fully saturated rings. The normalized spacial score (nSPS) is 15.6. The van der Waals surface area contributed by atoms with Crippen LogP contribution in [0.25, 0.3) is 0 Å². The van der Waals surface area contributed by atoms with E-state index in [2.05, 4.69) is 15.6 Å². The number of hydrogen-bond acceptors (Lipinski definition) is 4. The minimum Gasteiger partial charge on any atom is -0.360 e. The summed E-state index contributed by atoms with van der Waals surface area (Å²) in [5.74, 6) is 1.20. The van der Waals surface area contributed by atoms with Crippen molar-refractivity contribution in [1.29, 1.82) is 0 Å². The van der Waals surface area contributed by atoms with E-state index in [-0.39, 0.29) is 5.91 Å². The molecule has 0 saturated heterocycles. The minimum atomic E-state index is -0.140. The summed E-state index contributed by atoms with van der Waals surface area (Å²) >= 11 is 0. The van der Waals surface area contributed by atoms with E-state index in [4.69, 9.17) is 4.52 Å². The van der Waals surface area contributed by atoms with E-state index in [0.29, 0.717) is 23.8 Å². The van der Waals surface area contributed by atoms with Crippen molar-refractivity contribution in [3.05, 3.63) is 36.0 Å².